The first-order valence-electron chi connectivity index (χ1n) is 7.27. The maximum absolute atomic E-state index is 12.1. The summed E-state index contributed by atoms with van der Waals surface area (Å²) < 4.78 is 9.56. The Morgan fingerprint density at radius 1 is 1.17 bits per heavy atom. The van der Waals surface area contributed by atoms with Gasteiger partial charge in [0.05, 0.1) is 13.7 Å². The fourth-order valence-electron chi connectivity index (χ4n) is 2.10. The lowest BCUT2D eigenvalue weighted by Crippen LogP contribution is -2.19. The molecule has 2 aromatic rings. The lowest BCUT2D eigenvalue weighted by Gasteiger charge is -2.07. The van der Waals surface area contributed by atoms with Crippen LogP contribution in [0.25, 0.3) is 11.1 Å². The highest BCUT2D eigenvalue weighted by Gasteiger charge is 2.23. The smallest absolute Gasteiger partial charge is 0.341 e. The van der Waals surface area contributed by atoms with E-state index in [-0.39, 0.29) is 12.2 Å². The predicted octanol–water partition coefficient (Wildman–Crippen LogP) is 3.09. The van der Waals surface area contributed by atoms with E-state index in [0.717, 1.165) is 5.56 Å². The Hall–Kier alpha value is -2.67. The summed E-state index contributed by atoms with van der Waals surface area (Å²) in [6.07, 6.45) is -0.410. The number of benzene rings is 1. The fourth-order valence-corrected chi connectivity index (χ4v) is 3.07. The van der Waals surface area contributed by atoms with Gasteiger partial charge in [0.2, 0.25) is 5.91 Å². The molecule has 0 spiro atoms. The Bertz CT molecular complexity index is 739. The van der Waals surface area contributed by atoms with Crippen molar-refractivity contribution in [1.29, 1.82) is 0 Å². The van der Waals surface area contributed by atoms with E-state index in [0.29, 0.717) is 10.6 Å². The number of amides is 1. The summed E-state index contributed by atoms with van der Waals surface area (Å²) in [6.45, 7) is 1.87. The van der Waals surface area contributed by atoms with Crippen LogP contribution in [0.1, 0.15) is 23.7 Å². The van der Waals surface area contributed by atoms with E-state index in [1.54, 1.807) is 12.3 Å². The molecular formula is C17H17NO5S. The molecule has 1 aromatic heterocycles. The molecule has 0 aliphatic carbocycles. The van der Waals surface area contributed by atoms with Crippen LogP contribution in [0.2, 0.25) is 0 Å². The van der Waals surface area contributed by atoms with E-state index < -0.39 is 24.3 Å². The Kier molecular flexibility index (Phi) is 6.08. The summed E-state index contributed by atoms with van der Waals surface area (Å²) >= 11 is 1.20. The van der Waals surface area contributed by atoms with Crippen molar-refractivity contribution in [1.82, 2.24) is 0 Å². The summed E-state index contributed by atoms with van der Waals surface area (Å²) in [5.74, 6) is -1.71. The number of nitrogens with one attached hydrogen (secondary N) is 1. The van der Waals surface area contributed by atoms with Crippen LogP contribution in [0, 0.1) is 0 Å². The van der Waals surface area contributed by atoms with Crippen molar-refractivity contribution in [3.05, 3.63) is 41.3 Å². The lowest BCUT2D eigenvalue weighted by molar-refractivity contribution is -0.145. The highest BCUT2D eigenvalue weighted by molar-refractivity contribution is 7.15. The molecule has 1 amide bonds. The standard InChI is InChI=1S/C17H17NO5S/c1-3-23-14(20)9-13(19)18-16-15(17(21)22-2)12(10-24-16)11-7-5-4-6-8-11/h4-8,10H,3,9H2,1-2H3,(H,18,19). The SMILES string of the molecule is CCOC(=O)CC(=O)Nc1scc(-c2ccccc2)c1C(=O)OC. The Labute approximate surface area is 143 Å². The third-order valence-electron chi connectivity index (χ3n) is 3.13. The molecular weight excluding hydrogens is 330 g/mol. The van der Waals surface area contributed by atoms with Crippen molar-refractivity contribution in [3.63, 3.8) is 0 Å². The van der Waals surface area contributed by atoms with Crippen LogP contribution >= 0.6 is 11.3 Å². The summed E-state index contributed by atoms with van der Waals surface area (Å²) in [5, 5.41) is 4.69. The van der Waals surface area contributed by atoms with E-state index in [1.165, 1.54) is 18.4 Å². The molecule has 6 nitrogen and oxygen atoms in total. The van der Waals surface area contributed by atoms with Gasteiger partial charge in [0, 0.05) is 10.9 Å². The number of ether oxygens (including phenoxy) is 2. The first-order valence-corrected chi connectivity index (χ1v) is 8.15. The third kappa shape index (κ3) is 4.20. The van der Waals surface area contributed by atoms with Crippen LogP contribution in [-0.4, -0.2) is 31.6 Å². The second-order valence-corrected chi connectivity index (χ2v) is 5.62. The molecule has 0 saturated heterocycles. The van der Waals surface area contributed by atoms with Crippen LogP contribution in [-0.2, 0) is 19.1 Å². The Morgan fingerprint density at radius 2 is 1.88 bits per heavy atom. The van der Waals surface area contributed by atoms with Gasteiger partial charge in [-0.1, -0.05) is 30.3 Å². The van der Waals surface area contributed by atoms with E-state index in [9.17, 15) is 14.4 Å². The molecule has 24 heavy (non-hydrogen) atoms. The molecule has 2 rings (SSSR count). The fraction of sp³-hybridized carbons (Fsp3) is 0.235. The number of carbonyl (C=O) groups excluding carboxylic acids is 3. The Balaban J connectivity index is 2.27. The van der Waals surface area contributed by atoms with E-state index in [2.05, 4.69) is 5.32 Å². The number of anilines is 1. The summed E-state index contributed by atoms with van der Waals surface area (Å²) in [5.41, 5.74) is 1.77. The summed E-state index contributed by atoms with van der Waals surface area (Å²) in [6, 6.07) is 9.30. The zero-order valence-corrected chi connectivity index (χ0v) is 14.1. The minimum atomic E-state index is -0.616. The van der Waals surface area contributed by atoms with E-state index in [1.807, 2.05) is 30.3 Å². The molecule has 7 heteroatoms. The molecule has 1 heterocycles. The molecule has 1 N–H and O–H groups in total. The van der Waals surface area contributed by atoms with Gasteiger partial charge in [-0.15, -0.1) is 11.3 Å². The van der Waals surface area contributed by atoms with Gasteiger partial charge >= 0.3 is 11.9 Å². The van der Waals surface area contributed by atoms with Crippen molar-refractivity contribution < 1.29 is 23.9 Å². The number of hydrogen-bond acceptors (Lipinski definition) is 6. The number of thiophene rings is 1. The number of rotatable bonds is 6. The zero-order chi connectivity index (χ0) is 17.5. The molecule has 0 saturated carbocycles. The van der Waals surface area contributed by atoms with Crippen molar-refractivity contribution in [2.75, 3.05) is 19.0 Å². The predicted molar refractivity (Wildman–Crippen MR) is 91.0 cm³/mol. The molecule has 0 unspecified atom stereocenters. The normalized spacial score (nSPS) is 10.1. The molecule has 1 aromatic carbocycles. The quantitative estimate of drug-likeness (QED) is 0.641. The second kappa shape index (κ2) is 8.26. The number of methoxy groups -OCH3 is 1. The largest absolute Gasteiger partial charge is 0.466 e. The molecule has 0 bridgehead atoms. The summed E-state index contributed by atoms with van der Waals surface area (Å²) in [7, 11) is 1.28. The van der Waals surface area contributed by atoms with Gasteiger partial charge < -0.3 is 14.8 Å². The van der Waals surface area contributed by atoms with Crippen LogP contribution < -0.4 is 5.32 Å². The van der Waals surface area contributed by atoms with Crippen LogP contribution in [0.5, 0.6) is 0 Å². The molecule has 0 radical (unpaired) electrons. The maximum atomic E-state index is 12.1. The number of esters is 2. The topological polar surface area (TPSA) is 81.7 Å². The van der Waals surface area contributed by atoms with Gasteiger partial charge in [-0.3, -0.25) is 9.59 Å². The van der Waals surface area contributed by atoms with E-state index in [4.69, 9.17) is 9.47 Å². The van der Waals surface area contributed by atoms with Crippen LogP contribution in [0.15, 0.2) is 35.7 Å². The minimum absolute atomic E-state index is 0.205. The molecule has 0 fully saturated rings. The zero-order valence-electron chi connectivity index (χ0n) is 13.3. The van der Waals surface area contributed by atoms with Gasteiger partial charge in [0.25, 0.3) is 0 Å². The minimum Gasteiger partial charge on any atom is -0.466 e. The first-order chi connectivity index (χ1) is 11.6. The number of hydrogen-bond donors (Lipinski definition) is 1. The van der Waals surface area contributed by atoms with Crippen molar-refractivity contribution in [2.45, 2.75) is 13.3 Å². The van der Waals surface area contributed by atoms with Crippen molar-refractivity contribution in [3.8, 4) is 11.1 Å². The van der Waals surface area contributed by atoms with Crippen molar-refractivity contribution in [2.24, 2.45) is 0 Å². The molecule has 0 aliphatic rings. The van der Waals surface area contributed by atoms with Gasteiger partial charge in [-0.2, -0.15) is 0 Å². The first kappa shape index (κ1) is 17.7. The second-order valence-electron chi connectivity index (χ2n) is 4.74. The van der Waals surface area contributed by atoms with Gasteiger partial charge in [0.15, 0.2) is 0 Å². The average Bonchev–Trinajstić information content (AvgIpc) is 2.98. The highest BCUT2D eigenvalue weighted by atomic mass is 32.1. The van der Waals surface area contributed by atoms with E-state index >= 15 is 0 Å². The highest BCUT2D eigenvalue weighted by Crippen LogP contribution is 2.36. The monoisotopic (exact) mass is 347 g/mol. The number of carbonyl (C=O) groups is 3. The Morgan fingerprint density at radius 3 is 2.50 bits per heavy atom. The third-order valence-corrected chi connectivity index (χ3v) is 4.02. The van der Waals surface area contributed by atoms with Gasteiger partial charge in [-0.05, 0) is 12.5 Å². The van der Waals surface area contributed by atoms with Gasteiger partial charge in [0.1, 0.15) is 17.0 Å². The van der Waals surface area contributed by atoms with Crippen LogP contribution in [0.3, 0.4) is 0 Å². The molecule has 0 atom stereocenters. The van der Waals surface area contributed by atoms with Crippen LogP contribution in [0.4, 0.5) is 5.00 Å². The molecule has 0 aliphatic heterocycles. The lowest BCUT2D eigenvalue weighted by atomic mass is 10.0. The maximum Gasteiger partial charge on any atom is 0.341 e. The van der Waals surface area contributed by atoms with Gasteiger partial charge in [-0.25, -0.2) is 4.79 Å². The summed E-state index contributed by atoms with van der Waals surface area (Å²) in [4.78, 5) is 35.5. The molecule has 126 valence electrons. The average molecular weight is 347 g/mol. The van der Waals surface area contributed by atoms with Crippen molar-refractivity contribution >= 4 is 34.2 Å².